The number of ether oxygens (including phenoxy) is 1. The molecule has 0 saturated heterocycles. The molecule has 3 heteroatoms. The first-order valence-corrected chi connectivity index (χ1v) is 8.09. The zero-order chi connectivity index (χ0) is 15.1. The lowest BCUT2D eigenvalue weighted by Gasteiger charge is -2.31. The third-order valence-electron chi connectivity index (χ3n) is 3.76. The standard InChI is InChI=1S/C18H19BrO2/c1-21-18(14-19,16-10-6-3-7-11-16)13-12-17(20)15-8-4-2-5-9-15/h2-11H,12-14H2,1H3. The largest absolute Gasteiger partial charge is 0.373 e. The molecule has 0 radical (unpaired) electrons. The van der Waals surface area contributed by atoms with Crippen LogP contribution in [0.2, 0.25) is 0 Å². The molecule has 0 spiro atoms. The Labute approximate surface area is 134 Å². The lowest BCUT2D eigenvalue weighted by Crippen LogP contribution is -2.31. The molecule has 0 saturated carbocycles. The van der Waals surface area contributed by atoms with Crippen molar-refractivity contribution in [1.29, 1.82) is 0 Å². The summed E-state index contributed by atoms with van der Waals surface area (Å²) < 4.78 is 5.76. The SMILES string of the molecule is COC(CBr)(CCC(=O)c1ccccc1)c1ccccc1. The van der Waals surface area contributed by atoms with Crippen LogP contribution in [-0.4, -0.2) is 18.2 Å². The van der Waals surface area contributed by atoms with Crippen LogP contribution < -0.4 is 0 Å². The lowest BCUT2D eigenvalue weighted by atomic mass is 9.89. The van der Waals surface area contributed by atoms with E-state index in [4.69, 9.17) is 4.74 Å². The Morgan fingerprint density at radius 2 is 1.62 bits per heavy atom. The van der Waals surface area contributed by atoms with Crippen LogP contribution in [0.4, 0.5) is 0 Å². The Bertz CT molecular complexity index is 562. The van der Waals surface area contributed by atoms with Crippen molar-refractivity contribution in [1.82, 2.24) is 0 Å². The number of carbonyl (C=O) groups excluding carboxylic acids is 1. The van der Waals surface area contributed by atoms with Crippen molar-refractivity contribution in [3.63, 3.8) is 0 Å². The summed E-state index contributed by atoms with van der Waals surface area (Å²) in [6.07, 6.45) is 1.10. The summed E-state index contributed by atoms with van der Waals surface area (Å²) in [5.41, 5.74) is 1.38. The second-order valence-electron chi connectivity index (χ2n) is 4.99. The average Bonchev–Trinajstić information content (AvgIpc) is 2.58. The average molecular weight is 347 g/mol. The second kappa shape index (κ2) is 7.53. The van der Waals surface area contributed by atoms with Gasteiger partial charge in [0, 0.05) is 24.4 Å². The molecular formula is C18H19BrO2. The third-order valence-corrected chi connectivity index (χ3v) is 4.66. The Morgan fingerprint density at radius 3 is 2.14 bits per heavy atom. The van der Waals surface area contributed by atoms with Gasteiger partial charge in [-0.2, -0.15) is 0 Å². The van der Waals surface area contributed by atoms with Crippen LogP contribution >= 0.6 is 15.9 Å². The van der Waals surface area contributed by atoms with Gasteiger partial charge in [-0.05, 0) is 12.0 Å². The summed E-state index contributed by atoms with van der Waals surface area (Å²) in [6.45, 7) is 0. The van der Waals surface area contributed by atoms with E-state index in [1.807, 2.05) is 60.7 Å². The maximum absolute atomic E-state index is 12.3. The van der Waals surface area contributed by atoms with E-state index in [1.54, 1.807) is 7.11 Å². The number of halogens is 1. The molecule has 2 rings (SSSR count). The number of carbonyl (C=O) groups is 1. The molecule has 0 aliphatic heterocycles. The number of hydrogen-bond donors (Lipinski definition) is 0. The molecule has 2 aromatic carbocycles. The molecule has 0 aliphatic rings. The van der Waals surface area contributed by atoms with Crippen molar-refractivity contribution in [2.45, 2.75) is 18.4 Å². The topological polar surface area (TPSA) is 26.3 Å². The molecule has 0 amide bonds. The predicted octanol–water partition coefficient (Wildman–Crippen LogP) is 4.59. The van der Waals surface area contributed by atoms with Crippen molar-refractivity contribution in [2.75, 3.05) is 12.4 Å². The van der Waals surface area contributed by atoms with E-state index >= 15 is 0 Å². The van der Waals surface area contributed by atoms with Crippen LogP contribution in [0.5, 0.6) is 0 Å². The van der Waals surface area contributed by atoms with Crippen LogP contribution in [0.15, 0.2) is 60.7 Å². The highest BCUT2D eigenvalue weighted by Gasteiger charge is 2.31. The normalized spacial score (nSPS) is 13.6. The summed E-state index contributed by atoms with van der Waals surface area (Å²) in [5.74, 6) is 0.147. The maximum Gasteiger partial charge on any atom is 0.162 e. The molecule has 0 bridgehead atoms. The van der Waals surface area contributed by atoms with Crippen LogP contribution in [0.1, 0.15) is 28.8 Å². The Kier molecular flexibility index (Phi) is 5.71. The third kappa shape index (κ3) is 3.80. The summed E-state index contributed by atoms with van der Waals surface area (Å²) in [6, 6.07) is 19.4. The van der Waals surface area contributed by atoms with E-state index in [0.29, 0.717) is 18.2 Å². The van der Waals surface area contributed by atoms with Crippen molar-refractivity contribution in [2.24, 2.45) is 0 Å². The number of alkyl halides is 1. The molecule has 21 heavy (non-hydrogen) atoms. The first kappa shape index (κ1) is 15.9. The molecule has 0 aromatic heterocycles. The predicted molar refractivity (Wildman–Crippen MR) is 88.9 cm³/mol. The van der Waals surface area contributed by atoms with Gasteiger partial charge in [0.2, 0.25) is 0 Å². The minimum Gasteiger partial charge on any atom is -0.373 e. The highest BCUT2D eigenvalue weighted by Crippen LogP contribution is 2.32. The van der Waals surface area contributed by atoms with E-state index in [9.17, 15) is 4.79 Å². The highest BCUT2D eigenvalue weighted by atomic mass is 79.9. The Morgan fingerprint density at radius 1 is 1.05 bits per heavy atom. The minimum absolute atomic E-state index is 0.147. The van der Waals surface area contributed by atoms with Gasteiger partial charge in [0.25, 0.3) is 0 Å². The van der Waals surface area contributed by atoms with Crippen molar-refractivity contribution < 1.29 is 9.53 Å². The fourth-order valence-electron chi connectivity index (χ4n) is 2.39. The van der Waals surface area contributed by atoms with Gasteiger partial charge in [0.1, 0.15) is 5.60 Å². The van der Waals surface area contributed by atoms with Crippen LogP contribution in [-0.2, 0) is 10.3 Å². The van der Waals surface area contributed by atoms with Gasteiger partial charge in [-0.25, -0.2) is 0 Å². The first-order chi connectivity index (χ1) is 10.2. The van der Waals surface area contributed by atoms with Gasteiger partial charge >= 0.3 is 0 Å². The fourth-order valence-corrected chi connectivity index (χ4v) is 3.22. The summed E-state index contributed by atoms with van der Waals surface area (Å²) >= 11 is 3.54. The smallest absolute Gasteiger partial charge is 0.162 e. The quantitative estimate of drug-likeness (QED) is 0.541. The molecule has 1 atom stereocenters. The molecule has 1 unspecified atom stereocenters. The van der Waals surface area contributed by atoms with Gasteiger partial charge < -0.3 is 4.74 Å². The lowest BCUT2D eigenvalue weighted by molar-refractivity contribution is -0.000807. The van der Waals surface area contributed by atoms with Gasteiger partial charge in [-0.3, -0.25) is 4.79 Å². The van der Waals surface area contributed by atoms with Crippen molar-refractivity contribution in [3.8, 4) is 0 Å². The van der Waals surface area contributed by atoms with Gasteiger partial charge in [0.05, 0.1) is 0 Å². The molecule has 2 nitrogen and oxygen atoms in total. The number of methoxy groups -OCH3 is 1. The fraction of sp³-hybridized carbons (Fsp3) is 0.278. The summed E-state index contributed by atoms with van der Waals surface area (Å²) in [7, 11) is 1.70. The Balaban J connectivity index is 2.13. The summed E-state index contributed by atoms with van der Waals surface area (Å²) in [4.78, 5) is 12.3. The van der Waals surface area contributed by atoms with E-state index < -0.39 is 5.60 Å². The number of rotatable bonds is 7. The molecule has 0 N–H and O–H groups in total. The van der Waals surface area contributed by atoms with Crippen LogP contribution in [0.3, 0.4) is 0 Å². The number of Topliss-reactive ketones (excluding diaryl/α,β-unsaturated/α-hetero) is 1. The number of benzene rings is 2. The van der Waals surface area contributed by atoms with E-state index in [-0.39, 0.29) is 5.78 Å². The molecular weight excluding hydrogens is 328 g/mol. The second-order valence-corrected chi connectivity index (χ2v) is 5.55. The maximum atomic E-state index is 12.3. The Hall–Kier alpha value is -1.45. The van der Waals surface area contributed by atoms with Crippen LogP contribution in [0, 0.1) is 0 Å². The van der Waals surface area contributed by atoms with E-state index in [2.05, 4.69) is 15.9 Å². The molecule has 0 heterocycles. The molecule has 110 valence electrons. The van der Waals surface area contributed by atoms with E-state index in [1.165, 1.54) is 0 Å². The van der Waals surface area contributed by atoms with Crippen molar-refractivity contribution >= 4 is 21.7 Å². The first-order valence-electron chi connectivity index (χ1n) is 6.97. The zero-order valence-corrected chi connectivity index (χ0v) is 13.7. The van der Waals surface area contributed by atoms with Crippen LogP contribution in [0.25, 0.3) is 0 Å². The minimum atomic E-state index is -0.467. The van der Waals surface area contributed by atoms with Gasteiger partial charge in [0.15, 0.2) is 5.78 Å². The van der Waals surface area contributed by atoms with Gasteiger partial charge in [-0.1, -0.05) is 76.6 Å². The van der Waals surface area contributed by atoms with Gasteiger partial charge in [-0.15, -0.1) is 0 Å². The molecule has 0 aliphatic carbocycles. The summed E-state index contributed by atoms with van der Waals surface area (Å²) in [5, 5.41) is 0.655. The number of hydrogen-bond acceptors (Lipinski definition) is 2. The molecule has 2 aromatic rings. The number of ketones is 1. The molecule has 0 fully saturated rings. The zero-order valence-electron chi connectivity index (χ0n) is 12.1. The monoisotopic (exact) mass is 346 g/mol. The highest BCUT2D eigenvalue weighted by molar-refractivity contribution is 9.09. The van der Waals surface area contributed by atoms with E-state index in [0.717, 1.165) is 11.1 Å². The van der Waals surface area contributed by atoms with Crippen molar-refractivity contribution in [3.05, 3.63) is 71.8 Å².